The Labute approximate surface area is 153 Å². The van der Waals surface area contributed by atoms with Gasteiger partial charge in [-0.25, -0.2) is 4.79 Å². The van der Waals surface area contributed by atoms with Crippen molar-refractivity contribution in [2.45, 2.75) is 39.0 Å². The summed E-state index contributed by atoms with van der Waals surface area (Å²) in [5.74, 6) is -1.26. The van der Waals surface area contributed by atoms with E-state index in [9.17, 15) is 9.59 Å². The molecule has 1 aliphatic rings. The normalized spacial score (nSPS) is 15.0. The molecule has 134 valence electrons. The highest BCUT2D eigenvalue weighted by Crippen LogP contribution is 2.40. The lowest BCUT2D eigenvalue weighted by atomic mass is 9.73. The number of hydrogen-bond acceptors (Lipinski definition) is 2. The first-order chi connectivity index (χ1) is 12.3. The summed E-state index contributed by atoms with van der Waals surface area (Å²) < 4.78 is 0. The van der Waals surface area contributed by atoms with Gasteiger partial charge in [0.05, 0.1) is 5.56 Å². The minimum absolute atomic E-state index is 0.0865. The summed E-state index contributed by atoms with van der Waals surface area (Å²) in [6.07, 6.45) is 4.26. The third-order valence-corrected chi connectivity index (χ3v) is 4.99. The fourth-order valence-electron chi connectivity index (χ4n) is 3.38. The van der Waals surface area contributed by atoms with E-state index in [1.54, 1.807) is 0 Å². The molecule has 0 bridgehead atoms. The molecule has 0 spiro atoms. The second-order valence-corrected chi connectivity index (χ2v) is 7.27. The quantitative estimate of drug-likeness (QED) is 0.806. The van der Waals surface area contributed by atoms with Gasteiger partial charge in [-0.2, -0.15) is 0 Å². The predicted molar refractivity (Wildman–Crippen MR) is 104 cm³/mol. The Balaban J connectivity index is 1.86. The second kappa shape index (κ2) is 6.79. The van der Waals surface area contributed by atoms with Crippen LogP contribution < -0.4 is 5.32 Å². The van der Waals surface area contributed by atoms with E-state index in [4.69, 9.17) is 5.11 Å². The third-order valence-electron chi connectivity index (χ3n) is 4.99. The second-order valence-electron chi connectivity index (χ2n) is 7.27. The van der Waals surface area contributed by atoms with Crippen molar-refractivity contribution < 1.29 is 14.7 Å². The molecule has 4 nitrogen and oxygen atoms in total. The van der Waals surface area contributed by atoms with Crippen molar-refractivity contribution in [1.82, 2.24) is 0 Å². The summed E-state index contributed by atoms with van der Waals surface area (Å²) in [7, 11) is 0. The summed E-state index contributed by atoms with van der Waals surface area (Å²) in [6.45, 7) is 6.61. The molecule has 0 saturated heterocycles. The van der Waals surface area contributed by atoms with E-state index in [1.807, 2.05) is 12.1 Å². The van der Waals surface area contributed by atoms with E-state index < -0.39 is 5.97 Å². The van der Waals surface area contributed by atoms with Gasteiger partial charge < -0.3 is 10.4 Å². The Bertz CT molecular complexity index is 892. The van der Waals surface area contributed by atoms with Crippen molar-refractivity contribution in [3.63, 3.8) is 0 Å². The van der Waals surface area contributed by atoms with Gasteiger partial charge in [-0.05, 0) is 71.4 Å². The third kappa shape index (κ3) is 3.40. The smallest absolute Gasteiger partial charge is 0.335 e. The minimum atomic E-state index is -1.01. The number of allylic oxidation sites excluding steroid dienone is 2. The van der Waals surface area contributed by atoms with E-state index in [1.165, 1.54) is 41.0 Å². The van der Waals surface area contributed by atoms with Crippen LogP contribution in [0.5, 0.6) is 0 Å². The Morgan fingerprint density at radius 2 is 1.73 bits per heavy atom. The average Bonchev–Trinajstić information content (AvgIpc) is 2.61. The van der Waals surface area contributed by atoms with Gasteiger partial charge in [-0.1, -0.05) is 32.9 Å². The van der Waals surface area contributed by atoms with Gasteiger partial charge in [0.15, 0.2) is 0 Å². The number of rotatable bonds is 4. The maximum absolute atomic E-state index is 12.5. The molecule has 0 atom stereocenters. The lowest BCUT2D eigenvalue weighted by Crippen LogP contribution is -2.22. The van der Waals surface area contributed by atoms with Crippen LogP contribution in [0.3, 0.4) is 0 Å². The monoisotopic (exact) mass is 349 g/mol. The number of aromatic carboxylic acids is 1. The van der Waals surface area contributed by atoms with Crippen LogP contribution >= 0.6 is 0 Å². The van der Waals surface area contributed by atoms with Crippen LogP contribution in [-0.4, -0.2) is 17.0 Å². The van der Waals surface area contributed by atoms with Gasteiger partial charge in [0, 0.05) is 11.3 Å². The molecule has 4 heteroatoms. The zero-order valence-corrected chi connectivity index (χ0v) is 15.3. The molecule has 0 aliphatic heterocycles. The molecule has 0 radical (unpaired) electrons. The number of carboxylic acid groups (broad SMARTS) is 1. The molecule has 2 aromatic rings. The molecule has 0 fully saturated rings. The van der Waals surface area contributed by atoms with Crippen molar-refractivity contribution in [2.75, 3.05) is 5.32 Å². The summed E-state index contributed by atoms with van der Waals surface area (Å²) in [5, 5.41) is 11.9. The fourth-order valence-corrected chi connectivity index (χ4v) is 3.38. The van der Waals surface area contributed by atoms with E-state index >= 15 is 0 Å². The highest BCUT2D eigenvalue weighted by Gasteiger charge is 2.27. The first-order valence-electron chi connectivity index (χ1n) is 8.80. The SMILES string of the molecule is CCC1=CCC(C)(C)c2ccc(NC(=O)c3ccc(C(=O)O)cc3)cc21. The Hall–Kier alpha value is -2.88. The van der Waals surface area contributed by atoms with Gasteiger partial charge in [0.2, 0.25) is 0 Å². The number of benzene rings is 2. The number of carboxylic acids is 1. The summed E-state index contributed by atoms with van der Waals surface area (Å²) in [4.78, 5) is 23.4. The zero-order valence-electron chi connectivity index (χ0n) is 15.3. The Kier molecular flexibility index (Phi) is 4.68. The number of hydrogen-bond donors (Lipinski definition) is 2. The van der Waals surface area contributed by atoms with Gasteiger partial charge in [0.25, 0.3) is 5.91 Å². The first kappa shape index (κ1) is 17.9. The number of anilines is 1. The number of nitrogens with one attached hydrogen (secondary N) is 1. The maximum Gasteiger partial charge on any atom is 0.335 e. The van der Waals surface area contributed by atoms with Crippen molar-refractivity contribution in [3.05, 3.63) is 70.8 Å². The molecule has 2 N–H and O–H groups in total. The van der Waals surface area contributed by atoms with Crippen LogP contribution in [0, 0.1) is 0 Å². The lowest BCUT2D eigenvalue weighted by Gasteiger charge is -2.32. The lowest BCUT2D eigenvalue weighted by molar-refractivity contribution is 0.0696. The molecule has 0 saturated carbocycles. The first-order valence-corrected chi connectivity index (χ1v) is 8.80. The molecule has 3 rings (SSSR count). The average molecular weight is 349 g/mol. The van der Waals surface area contributed by atoms with Crippen LogP contribution in [-0.2, 0) is 5.41 Å². The molecule has 2 aromatic carbocycles. The van der Waals surface area contributed by atoms with Crippen LogP contribution in [0.2, 0.25) is 0 Å². The molecule has 1 aliphatic carbocycles. The van der Waals surface area contributed by atoms with E-state index in [-0.39, 0.29) is 16.9 Å². The standard InChI is InChI=1S/C22H23NO3/c1-4-14-11-12-22(2,3)19-10-9-17(13-18(14)19)23-20(24)15-5-7-16(8-6-15)21(25)26/h5-11,13H,4,12H2,1-3H3,(H,23,24)(H,25,26). The zero-order chi connectivity index (χ0) is 18.9. The van der Waals surface area contributed by atoms with E-state index in [0.717, 1.165) is 18.5 Å². The number of amides is 1. The number of fused-ring (bicyclic) bond motifs is 1. The molecule has 26 heavy (non-hydrogen) atoms. The van der Waals surface area contributed by atoms with Gasteiger partial charge in [0.1, 0.15) is 0 Å². The molecule has 0 aromatic heterocycles. The van der Waals surface area contributed by atoms with E-state index in [0.29, 0.717) is 5.56 Å². The van der Waals surface area contributed by atoms with Gasteiger partial charge >= 0.3 is 5.97 Å². The van der Waals surface area contributed by atoms with Gasteiger partial charge in [-0.15, -0.1) is 0 Å². The maximum atomic E-state index is 12.5. The van der Waals surface area contributed by atoms with Crippen molar-refractivity contribution in [3.8, 4) is 0 Å². The van der Waals surface area contributed by atoms with E-state index in [2.05, 4.69) is 38.2 Å². The Morgan fingerprint density at radius 3 is 2.35 bits per heavy atom. The molecular formula is C22H23NO3. The Morgan fingerprint density at radius 1 is 1.08 bits per heavy atom. The summed E-state index contributed by atoms with van der Waals surface area (Å²) >= 11 is 0. The highest BCUT2D eigenvalue weighted by atomic mass is 16.4. The highest BCUT2D eigenvalue weighted by molar-refractivity contribution is 6.05. The van der Waals surface area contributed by atoms with Crippen molar-refractivity contribution in [2.24, 2.45) is 0 Å². The largest absolute Gasteiger partial charge is 0.478 e. The molecule has 0 heterocycles. The fraction of sp³-hybridized carbons (Fsp3) is 0.273. The molecular weight excluding hydrogens is 326 g/mol. The number of carbonyl (C=O) groups excluding carboxylic acids is 1. The van der Waals surface area contributed by atoms with Crippen molar-refractivity contribution >= 4 is 23.1 Å². The van der Waals surface area contributed by atoms with Crippen LogP contribution in [0.15, 0.2) is 48.5 Å². The summed E-state index contributed by atoms with van der Waals surface area (Å²) in [6, 6.07) is 12.0. The predicted octanol–water partition coefficient (Wildman–Crippen LogP) is 5.11. The number of carbonyl (C=O) groups is 2. The molecule has 1 amide bonds. The minimum Gasteiger partial charge on any atom is -0.478 e. The van der Waals surface area contributed by atoms with Gasteiger partial charge in [-0.3, -0.25) is 4.79 Å². The van der Waals surface area contributed by atoms with Crippen LogP contribution in [0.25, 0.3) is 5.57 Å². The molecule has 0 unspecified atom stereocenters. The van der Waals surface area contributed by atoms with Crippen molar-refractivity contribution in [1.29, 1.82) is 0 Å². The van der Waals surface area contributed by atoms with Crippen LogP contribution in [0.4, 0.5) is 5.69 Å². The summed E-state index contributed by atoms with van der Waals surface area (Å²) in [5.41, 5.74) is 5.23. The van der Waals surface area contributed by atoms with Crippen LogP contribution in [0.1, 0.15) is 65.5 Å². The topological polar surface area (TPSA) is 66.4 Å².